The Kier molecular flexibility index (Phi) is 2.09. The zero-order valence-electron chi connectivity index (χ0n) is 6.68. The number of carbonyl (C=O) groups excluding carboxylic acids is 1. The molecule has 1 aromatic carbocycles. The molecule has 0 aromatic heterocycles. The minimum atomic E-state index is -3.78. The molecule has 0 saturated carbocycles. The number of halogens is 3. The fraction of sp³-hybridized carbons (Fsp3) is 0.125. The van der Waals surface area contributed by atoms with Crippen molar-refractivity contribution in [1.82, 2.24) is 0 Å². The Hall–Kier alpha value is -0.920. The van der Waals surface area contributed by atoms with Gasteiger partial charge in [-0.2, -0.15) is 8.78 Å². The van der Waals surface area contributed by atoms with Crippen LogP contribution in [0, 0.1) is 3.57 Å². The first-order valence-electron chi connectivity index (χ1n) is 3.67. The van der Waals surface area contributed by atoms with Crippen LogP contribution in [-0.2, 0) is 4.79 Å². The molecule has 0 radical (unpaired) electrons. The van der Waals surface area contributed by atoms with Crippen LogP contribution in [0.5, 0.6) is 5.75 Å². The van der Waals surface area contributed by atoms with Gasteiger partial charge in [0.05, 0.1) is 5.69 Å². The number of rotatable bonds is 0. The van der Waals surface area contributed by atoms with Gasteiger partial charge in [0.2, 0.25) is 0 Å². The summed E-state index contributed by atoms with van der Waals surface area (Å²) in [5.74, 6) is -1.45. The van der Waals surface area contributed by atoms with E-state index in [0.717, 1.165) is 3.57 Å². The van der Waals surface area contributed by atoms with Gasteiger partial charge in [-0.1, -0.05) is 0 Å². The van der Waals surface area contributed by atoms with Crippen molar-refractivity contribution in [2.24, 2.45) is 0 Å². The summed E-state index contributed by atoms with van der Waals surface area (Å²) in [4.78, 5) is 10.8. The van der Waals surface area contributed by atoms with Crippen LogP contribution in [0.3, 0.4) is 0 Å². The second-order valence-corrected chi connectivity index (χ2v) is 3.96. The zero-order chi connectivity index (χ0) is 10.3. The molecule has 3 nitrogen and oxygen atoms in total. The topological polar surface area (TPSA) is 38.3 Å². The van der Waals surface area contributed by atoms with Crippen molar-refractivity contribution < 1.29 is 18.3 Å². The zero-order valence-corrected chi connectivity index (χ0v) is 8.84. The van der Waals surface area contributed by atoms with Crippen LogP contribution in [0.4, 0.5) is 14.5 Å². The molecule has 1 amide bonds. The van der Waals surface area contributed by atoms with E-state index in [1.165, 1.54) is 12.1 Å². The van der Waals surface area contributed by atoms with E-state index in [-0.39, 0.29) is 11.4 Å². The van der Waals surface area contributed by atoms with E-state index in [4.69, 9.17) is 0 Å². The summed E-state index contributed by atoms with van der Waals surface area (Å²) in [6.07, 6.45) is -3.78. The third kappa shape index (κ3) is 1.54. The van der Waals surface area contributed by atoms with E-state index < -0.39 is 12.0 Å². The summed E-state index contributed by atoms with van der Waals surface area (Å²) in [7, 11) is 0. The monoisotopic (exact) mass is 311 g/mol. The molecule has 1 aliphatic heterocycles. The molecule has 0 bridgehead atoms. The van der Waals surface area contributed by atoms with Gasteiger partial charge in [-0.3, -0.25) is 4.79 Å². The normalized spacial score (nSPS) is 18.1. The van der Waals surface area contributed by atoms with Crippen molar-refractivity contribution in [3.8, 4) is 5.75 Å². The van der Waals surface area contributed by atoms with Gasteiger partial charge >= 0.3 is 12.0 Å². The lowest BCUT2D eigenvalue weighted by Crippen LogP contribution is -2.43. The molecule has 1 aromatic rings. The fourth-order valence-corrected chi connectivity index (χ4v) is 1.53. The summed E-state index contributed by atoms with van der Waals surface area (Å²) < 4.78 is 30.6. The highest BCUT2D eigenvalue weighted by Gasteiger charge is 2.46. The quantitative estimate of drug-likeness (QED) is 0.746. The molecule has 0 saturated heterocycles. The maximum absolute atomic E-state index is 12.8. The summed E-state index contributed by atoms with van der Waals surface area (Å²) in [6.45, 7) is 0. The van der Waals surface area contributed by atoms with E-state index in [1.807, 2.05) is 22.6 Å². The standard InChI is InChI=1S/C8H4F2INO2/c9-8(10)7(13)12-5-2-1-4(11)3-6(5)14-8/h1-3H,(H,12,13). The molecule has 1 N–H and O–H groups in total. The second-order valence-electron chi connectivity index (χ2n) is 2.71. The number of fused-ring (bicyclic) bond motifs is 1. The highest BCUT2D eigenvalue weighted by Crippen LogP contribution is 2.35. The smallest absolute Gasteiger partial charge is 0.423 e. The molecule has 74 valence electrons. The fourth-order valence-electron chi connectivity index (χ4n) is 1.06. The highest BCUT2D eigenvalue weighted by molar-refractivity contribution is 14.1. The summed E-state index contributed by atoms with van der Waals surface area (Å²) in [5.41, 5.74) is 0.265. The van der Waals surface area contributed by atoms with Crippen molar-refractivity contribution >= 4 is 34.2 Å². The number of benzene rings is 1. The van der Waals surface area contributed by atoms with Gasteiger partial charge in [0.15, 0.2) is 5.75 Å². The lowest BCUT2D eigenvalue weighted by Gasteiger charge is -2.24. The molecule has 1 aliphatic rings. The third-order valence-corrected chi connectivity index (χ3v) is 2.37. The molecule has 2 rings (SSSR count). The molecule has 0 fully saturated rings. The molecule has 1 heterocycles. The Bertz CT molecular complexity index is 408. The first kappa shape index (κ1) is 9.63. The highest BCUT2D eigenvalue weighted by atomic mass is 127. The van der Waals surface area contributed by atoms with Gasteiger partial charge < -0.3 is 10.1 Å². The van der Waals surface area contributed by atoms with Crippen LogP contribution in [0.15, 0.2) is 18.2 Å². The molecular weight excluding hydrogens is 307 g/mol. The molecule has 14 heavy (non-hydrogen) atoms. The maximum atomic E-state index is 12.8. The lowest BCUT2D eigenvalue weighted by molar-refractivity contribution is -0.189. The van der Waals surface area contributed by atoms with E-state index >= 15 is 0 Å². The molecule has 6 heteroatoms. The minimum Gasteiger partial charge on any atom is -0.423 e. The first-order valence-corrected chi connectivity index (χ1v) is 4.75. The number of alkyl halides is 2. The molecule has 0 aliphatic carbocycles. The van der Waals surface area contributed by atoms with Crippen molar-refractivity contribution in [3.05, 3.63) is 21.8 Å². The van der Waals surface area contributed by atoms with E-state index in [2.05, 4.69) is 10.1 Å². The number of hydrogen-bond acceptors (Lipinski definition) is 2. The van der Waals surface area contributed by atoms with Crippen molar-refractivity contribution in [2.45, 2.75) is 6.11 Å². The Morgan fingerprint density at radius 3 is 2.86 bits per heavy atom. The van der Waals surface area contributed by atoms with E-state index in [1.54, 1.807) is 6.07 Å². The molecule has 0 spiro atoms. The van der Waals surface area contributed by atoms with Gasteiger partial charge in [-0.25, -0.2) is 0 Å². The Labute approximate surface area is 91.6 Å². The number of nitrogens with one attached hydrogen (secondary N) is 1. The Morgan fingerprint density at radius 2 is 2.14 bits per heavy atom. The van der Waals surface area contributed by atoms with Crippen molar-refractivity contribution in [3.63, 3.8) is 0 Å². The Balaban J connectivity index is 2.46. The third-order valence-electron chi connectivity index (χ3n) is 1.69. The summed E-state index contributed by atoms with van der Waals surface area (Å²) >= 11 is 1.97. The van der Waals surface area contributed by atoms with Gasteiger partial charge in [-0.15, -0.1) is 0 Å². The minimum absolute atomic E-state index is 0.0125. The van der Waals surface area contributed by atoms with Crippen molar-refractivity contribution in [2.75, 3.05) is 5.32 Å². The van der Waals surface area contributed by atoms with Gasteiger partial charge in [0, 0.05) is 3.57 Å². The Morgan fingerprint density at radius 1 is 1.43 bits per heavy atom. The van der Waals surface area contributed by atoms with Crippen LogP contribution < -0.4 is 10.1 Å². The average Bonchev–Trinajstić information content (AvgIpc) is 2.07. The van der Waals surface area contributed by atoms with E-state index in [0.29, 0.717) is 0 Å². The van der Waals surface area contributed by atoms with Crippen molar-refractivity contribution in [1.29, 1.82) is 0 Å². The summed E-state index contributed by atoms with van der Waals surface area (Å²) in [6, 6.07) is 4.64. The molecule has 0 unspecified atom stereocenters. The summed E-state index contributed by atoms with van der Waals surface area (Å²) in [5, 5.41) is 2.06. The predicted octanol–water partition coefficient (Wildman–Crippen LogP) is 2.21. The lowest BCUT2D eigenvalue weighted by atomic mass is 10.2. The van der Waals surface area contributed by atoms with Crippen LogP contribution in [0.1, 0.15) is 0 Å². The second kappa shape index (κ2) is 3.04. The maximum Gasteiger partial charge on any atom is 0.482 e. The molecular formula is C8H4F2INO2. The number of hydrogen-bond donors (Lipinski definition) is 1. The average molecular weight is 311 g/mol. The number of anilines is 1. The predicted molar refractivity (Wildman–Crippen MR) is 53.4 cm³/mol. The van der Waals surface area contributed by atoms with Crippen LogP contribution in [0.2, 0.25) is 0 Å². The van der Waals surface area contributed by atoms with Crippen LogP contribution in [-0.4, -0.2) is 12.0 Å². The number of carbonyl (C=O) groups is 1. The van der Waals surface area contributed by atoms with Gasteiger partial charge in [0.25, 0.3) is 0 Å². The SMILES string of the molecule is O=C1Nc2ccc(I)cc2OC1(F)F. The number of ether oxygens (including phenoxy) is 1. The first-order chi connectivity index (χ1) is 6.49. The van der Waals surface area contributed by atoms with Gasteiger partial charge in [0.1, 0.15) is 0 Å². The largest absolute Gasteiger partial charge is 0.482 e. The van der Waals surface area contributed by atoms with E-state index in [9.17, 15) is 13.6 Å². The molecule has 0 atom stereocenters. The number of amides is 1. The van der Waals surface area contributed by atoms with Crippen LogP contribution >= 0.6 is 22.6 Å². The van der Waals surface area contributed by atoms with Gasteiger partial charge in [-0.05, 0) is 40.8 Å². The van der Waals surface area contributed by atoms with Crippen LogP contribution in [0.25, 0.3) is 0 Å².